The van der Waals surface area contributed by atoms with Gasteiger partial charge in [-0.05, 0) is 30.7 Å². The molecule has 15 nitrogen and oxygen atoms in total. The van der Waals surface area contributed by atoms with Crippen LogP contribution in [0.5, 0.6) is 0 Å². The number of hydrogen-bond donors (Lipinski definition) is 7. The number of imidazole rings is 1. The van der Waals surface area contributed by atoms with E-state index >= 15 is 0 Å². The number of carbonyl (C=O) groups excluding carboxylic acids is 4. The highest BCUT2D eigenvalue weighted by atomic mass is 32.2. The average Bonchev–Trinajstić information content (AvgIpc) is 3.34. The highest BCUT2D eigenvalue weighted by Gasteiger charge is 2.25. The van der Waals surface area contributed by atoms with Gasteiger partial charge < -0.3 is 31.8 Å². The molecule has 0 fully saturated rings. The van der Waals surface area contributed by atoms with Gasteiger partial charge in [0.05, 0.1) is 11.2 Å². The average molecular weight is 556 g/mol. The molecule has 0 radical (unpaired) electrons. The SMILES string of the molecule is NC(=O)CC[C@H](NC(=O)NS(=O)(=O)c1ccc(F)cc1)C(=O)NCCC(=O)N[C@@H](Cc1cnc[nH]1)C(=O)O. The molecule has 2 rings (SSSR count). The maximum atomic E-state index is 13.0. The Bertz CT molecular complexity index is 1250. The van der Waals surface area contributed by atoms with Crippen molar-refractivity contribution in [3.63, 3.8) is 0 Å². The maximum absolute atomic E-state index is 13.0. The summed E-state index contributed by atoms with van der Waals surface area (Å²) in [5.41, 5.74) is 5.57. The van der Waals surface area contributed by atoms with Crippen molar-refractivity contribution >= 4 is 39.7 Å². The fourth-order valence-corrected chi connectivity index (χ4v) is 3.96. The van der Waals surface area contributed by atoms with Gasteiger partial charge in [0.25, 0.3) is 10.0 Å². The second-order valence-corrected chi connectivity index (χ2v) is 9.55. The number of halogens is 1. The van der Waals surface area contributed by atoms with Crippen LogP contribution in [0.2, 0.25) is 0 Å². The molecule has 1 aromatic carbocycles. The number of benzene rings is 1. The molecule has 1 aromatic heterocycles. The number of hydrogen-bond acceptors (Lipinski definition) is 8. The molecule has 38 heavy (non-hydrogen) atoms. The van der Waals surface area contributed by atoms with Crippen LogP contribution in [0.15, 0.2) is 41.7 Å². The van der Waals surface area contributed by atoms with Crippen molar-refractivity contribution in [2.45, 2.75) is 42.7 Å². The molecule has 0 saturated carbocycles. The summed E-state index contributed by atoms with van der Waals surface area (Å²) in [5, 5.41) is 16.1. The zero-order valence-electron chi connectivity index (χ0n) is 19.8. The predicted octanol–water partition coefficient (Wildman–Crippen LogP) is -1.51. The number of primary amides is 1. The highest BCUT2D eigenvalue weighted by Crippen LogP contribution is 2.09. The molecule has 2 atom stereocenters. The molecular weight excluding hydrogens is 529 g/mol. The number of nitrogens with one attached hydrogen (secondary N) is 5. The zero-order chi connectivity index (χ0) is 28.3. The number of carboxylic acids is 1. The molecule has 0 unspecified atom stereocenters. The van der Waals surface area contributed by atoms with Gasteiger partial charge in [-0.1, -0.05) is 0 Å². The summed E-state index contributed by atoms with van der Waals surface area (Å²) >= 11 is 0. The van der Waals surface area contributed by atoms with Crippen molar-refractivity contribution < 1.29 is 41.9 Å². The van der Waals surface area contributed by atoms with Gasteiger partial charge in [0.2, 0.25) is 17.7 Å². The molecule has 206 valence electrons. The van der Waals surface area contributed by atoms with Crippen LogP contribution in [-0.4, -0.2) is 71.8 Å². The van der Waals surface area contributed by atoms with Crippen LogP contribution < -0.4 is 26.4 Å². The minimum absolute atomic E-state index is 0.0531. The Morgan fingerprint density at radius 2 is 1.74 bits per heavy atom. The van der Waals surface area contributed by atoms with Gasteiger partial charge >= 0.3 is 12.0 Å². The van der Waals surface area contributed by atoms with E-state index in [4.69, 9.17) is 5.73 Å². The van der Waals surface area contributed by atoms with Crippen molar-refractivity contribution in [1.29, 1.82) is 0 Å². The second kappa shape index (κ2) is 13.7. The van der Waals surface area contributed by atoms with E-state index in [1.807, 2.05) is 0 Å². The maximum Gasteiger partial charge on any atom is 0.329 e. The van der Waals surface area contributed by atoms with Crippen LogP contribution in [0.3, 0.4) is 0 Å². The minimum Gasteiger partial charge on any atom is -0.480 e. The van der Waals surface area contributed by atoms with Crippen LogP contribution in [0, 0.1) is 5.82 Å². The van der Waals surface area contributed by atoms with E-state index in [-0.39, 0.29) is 32.2 Å². The van der Waals surface area contributed by atoms with Crippen molar-refractivity contribution in [1.82, 2.24) is 30.6 Å². The third-order valence-electron chi connectivity index (χ3n) is 4.92. The van der Waals surface area contributed by atoms with Gasteiger partial charge in [-0.2, -0.15) is 0 Å². The molecule has 0 spiro atoms. The van der Waals surface area contributed by atoms with E-state index in [0.717, 1.165) is 24.3 Å². The summed E-state index contributed by atoms with van der Waals surface area (Å²) in [6, 6.07) is -0.367. The molecular formula is C21H26FN7O8S. The van der Waals surface area contributed by atoms with Crippen molar-refractivity contribution in [3.8, 4) is 0 Å². The van der Waals surface area contributed by atoms with Gasteiger partial charge in [-0.3, -0.25) is 14.4 Å². The number of H-pyrrole nitrogens is 1. The van der Waals surface area contributed by atoms with E-state index in [1.54, 1.807) is 4.72 Å². The Hall–Kier alpha value is -4.54. The number of aromatic nitrogens is 2. The van der Waals surface area contributed by atoms with E-state index in [1.165, 1.54) is 12.5 Å². The monoisotopic (exact) mass is 555 g/mol. The predicted molar refractivity (Wildman–Crippen MR) is 127 cm³/mol. The van der Waals surface area contributed by atoms with Crippen LogP contribution in [0.4, 0.5) is 9.18 Å². The lowest BCUT2D eigenvalue weighted by Crippen LogP contribution is -2.51. The third-order valence-corrected chi connectivity index (χ3v) is 6.26. The molecule has 0 aliphatic rings. The van der Waals surface area contributed by atoms with Crippen LogP contribution in [-0.2, 0) is 35.6 Å². The summed E-state index contributed by atoms with van der Waals surface area (Å²) in [7, 11) is -4.40. The zero-order valence-corrected chi connectivity index (χ0v) is 20.6. The topological polar surface area (TPSA) is 243 Å². The summed E-state index contributed by atoms with van der Waals surface area (Å²) in [6.45, 7) is -0.273. The van der Waals surface area contributed by atoms with E-state index < -0.39 is 62.5 Å². The molecule has 0 saturated heterocycles. The molecule has 8 N–H and O–H groups in total. The third kappa shape index (κ3) is 9.84. The molecule has 1 heterocycles. The van der Waals surface area contributed by atoms with Crippen LogP contribution in [0.25, 0.3) is 0 Å². The van der Waals surface area contributed by atoms with Crippen LogP contribution >= 0.6 is 0 Å². The first-order valence-electron chi connectivity index (χ1n) is 11.0. The van der Waals surface area contributed by atoms with Gasteiger partial charge in [0, 0.05) is 37.7 Å². The molecule has 0 bridgehead atoms. The lowest BCUT2D eigenvalue weighted by molar-refractivity contribution is -0.141. The Morgan fingerprint density at radius 3 is 2.32 bits per heavy atom. The molecule has 0 aliphatic carbocycles. The molecule has 0 aliphatic heterocycles. The number of rotatable bonds is 14. The first-order valence-corrected chi connectivity index (χ1v) is 12.5. The second-order valence-electron chi connectivity index (χ2n) is 7.87. The fraction of sp³-hybridized carbons (Fsp3) is 0.333. The van der Waals surface area contributed by atoms with Crippen molar-refractivity contribution in [3.05, 3.63) is 48.3 Å². The summed E-state index contributed by atoms with van der Waals surface area (Å²) < 4.78 is 39.3. The van der Waals surface area contributed by atoms with E-state index in [9.17, 15) is 41.9 Å². The molecule has 17 heteroatoms. The summed E-state index contributed by atoms with van der Waals surface area (Å²) in [5.74, 6) is -4.32. The molecule has 5 amide bonds. The Kier molecular flexibility index (Phi) is 10.7. The Labute approximate surface area is 215 Å². The van der Waals surface area contributed by atoms with Gasteiger partial charge in [-0.25, -0.2) is 32.1 Å². The van der Waals surface area contributed by atoms with Gasteiger partial charge in [-0.15, -0.1) is 0 Å². The first-order chi connectivity index (χ1) is 17.9. The number of aromatic amines is 1. The number of nitrogens with zero attached hydrogens (tertiary/aromatic N) is 1. The van der Waals surface area contributed by atoms with Gasteiger partial charge in [0.1, 0.15) is 17.9 Å². The number of amides is 5. The number of nitrogens with two attached hydrogens (primary N) is 1. The molecule has 2 aromatic rings. The lowest BCUT2D eigenvalue weighted by atomic mass is 10.1. The van der Waals surface area contributed by atoms with E-state index in [0.29, 0.717) is 5.69 Å². The summed E-state index contributed by atoms with van der Waals surface area (Å²) in [4.78, 5) is 65.6. The number of urea groups is 1. The van der Waals surface area contributed by atoms with Crippen molar-refractivity contribution in [2.75, 3.05) is 6.54 Å². The van der Waals surface area contributed by atoms with Crippen LogP contribution in [0.1, 0.15) is 25.0 Å². The number of carbonyl (C=O) groups is 5. The quantitative estimate of drug-likeness (QED) is 0.143. The smallest absolute Gasteiger partial charge is 0.329 e. The van der Waals surface area contributed by atoms with E-state index in [2.05, 4.69) is 25.9 Å². The summed E-state index contributed by atoms with van der Waals surface area (Å²) in [6.07, 6.45) is 1.75. The number of sulfonamides is 1. The number of carboxylic acid groups (broad SMARTS) is 1. The normalized spacial score (nSPS) is 12.6. The number of aliphatic carboxylic acids is 1. The van der Waals surface area contributed by atoms with Gasteiger partial charge in [0.15, 0.2) is 0 Å². The van der Waals surface area contributed by atoms with Crippen molar-refractivity contribution in [2.24, 2.45) is 5.73 Å². The lowest BCUT2D eigenvalue weighted by Gasteiger charge is -2.19. The minimum atomic E-state index is -4.40. The Balaban J connectivity index is 1.92. The first kappa shape index (κ1) is 29.7. The fourth-order valence-electron chi connectivity index (χ4n) is 3.04. The largest absolute Gasteiger partial charge is 0.480 e. The highest BCUT2D eigenvalue weighted by molar-refractivity contribution is 7.90. The standard InChI is InChI=1S/C21H26FN7O8S/c22-12-1-3-14(4-2-12)38(36,37)29-21(35)28-15(5-6-17(23)30)19(32)25-8-7-18(31)27-16(20(33)34)9-13-10-24-11-26-13/h1-4,10-11,15-16H,5-9H2,(H2,23,30)(H,24,26)(H,25,32)(H,27,31)(H,33,34)(H2,28,29,35)/t15-,16-/m0/s1. The Morgan fingerprint density at radius 1 is 1.05 bits per heavy atom.